The summed E-state index contributed by atoms with van der Waals surface area (Å²) >= 11 is 1.64. The highest BCUT2D eigenvalue weighted by molar-refractivity contribution is 7.99. The van der Waals surface area contributed by atoms with Gasteiger partial charge in [-0.1, -0.05) is 78.5 Å². The number of nitrogens with zero attached hydrogens (tertiary/aromatic N) is 2. The molecule has 0 aliphatic carbocycles. The fraction of sp³-hybridized carbons (Fsp3) is 0.0526. The van der Waals surface area contributed by atoms with Crippen LogP contribution >= 0.6 is 11.8 Å². The number of aromatic nitrogens is 2. The zero-order chi connectivity index (χ0) is 15.0. The second-order valence-electron chi connectivity index (χ2n) is 4.69. The van der Waals surface area contributed by atoms with E-state index in [-0.39, 0.29) is 0 Å². The van der Waals surface area contributed by atoms with Gasteiger partial charge >= 0.3 is 0 Å². The Hall–Kier alpha value is -2.39. The Morgan fingerprint density at radius 1 is 0.773 bits per heavy atom. The quantitative estimate of drug-likeness (QED) is 0.505. The van der Waals surface area contributed by atoms with Gasteiger partial charge in [-0.2, -0.15) is 0 Å². The highest BCUT2D eigenvalue weighted by Crippen LogP contribution is 2.24. The van der Waals surface area contributed by atoms with E-state index >= 15 is 0 Å². The summed E-state index contributed by atoms with van der Waals surface area (Å²) in [5.74, 6) is 0.836. The summed E-state index contributed by atoms with van der Waals surface area (Å²) in [6.45, 7) is 0. The average Bonchev–Trinajstić information content (AvgIpc) is 2.61. The highest BCUT2D eigenvalue weighted by atomic mass is 32.2. The molecule has 0 radical (unpaired) electrons. The van der Waals surface area contributed by atoms with E-state index in [2.05, 4.69) is 64.6 Å². The van der Waals surface area contributed by atoms with Crippen LogP contribution in [-0.4, -0.2) is 15.7 Å². The van der Waals surface area contributed by atoms with E-state index in [0.29, 0.717) is 0 Å². The topological polar surface area (TPSA) is 25.8 Å². The highest BCUT2D eigenvalue weighted by Gasteiger charge is 2.04. The summed E-state index contributed by atoms with van der Waals surface area (Å²) in [5, 5.41) is 0.805. The molecule has 108 valence electrons. The molecule has 0 spiro atoms. The molecule has 0 saturated heterocycles. The van der Waals surface area contributed by atoms with Crippen molar-refractivity contribution in [3.63, 3.8) is 0 Å². The molecule has 2 aromatic carbocycles. The van der Waals surface area contributed by atoms with E-state index in [9.17, 15) is 0 Å². The molecule has 0 atom stereocenters. The fourth-order valence-corrected chi connectivity index (χ4v) is 2.87. The maximum Gasteiger partial charge on any atom is 0.187 e. The van der Waals surface area contributed by atoms with Gasteiger partial charge in [-0.25, -0.2) is 9.97 Å². The first kappa shape index (κ1) is 14.5. The average molecular weight is 304 g/mol. The third kappa shape index (κ3) is 3.83. The Labute approximate surface area is 135 Å². The van der Waals surface area contributed by atoms with E-state index < -0.39 is 0 Å². The van der Waals surface area contributed by atoms with E-state index in [1.165, 1.54) is 16.7 Å². The predicted octanol–water partition coefficient (Wildman–Crippen LogP) is 4.70. The molecule has 3 rings (SSSR count). The monoisotopic (exact) mass is 304 g/mol. The fourth-order valence-electron chi connectivity index (χ4n) is 2.20. The van der Waals surface area contributed by atoms with Crippen molar-refractivity contribution >= 4 is 17.3 Å². The van der Waals surface area contributed by atoms with Crippen LogP contribution < -0.4 is 0 Å². The predicted molar refractivity (Wildman–Crippen MR) is 92.7 cm³/mol. The van der Waals surface area contributed by atoms with Gasteiger partial charge in [0.05, 0.1) is 0 Å². The van der Waals surface area contributed by atoms with E-state index in [1.54, 1.807) is 24.2 Å². The van der Waals surface area contributed by atoms with Crippen LogP contribution in [0.3, 0.4) is 0 Å². The molecule has 0 amide bonds. The summed E-state index contributed by atoms with van der Waals surface area (Å²) < 4.78 is 0. The van der Waals surface area contributed by atoms with Crippen molar-refractivity contribution in [2.45, 2.75) is 5.16 Å². The number of thioether (sulfide) groups is 1. The van der Waals surface area contributed by atoms with Crippen LogP contribution in [0.25, 0.3) is 5.57 Å². The summed E-state index contributed by atoms with van der Waals surface area (Å²) in [5.41, 5.74) is 3.69. The summed E-state index contributed by atoms with van der Waals surface area (Å²) in [6.07, 6.45) is 5.79. The van der Waals surface area contributed by atoms with Gasteiger partial charge in [0.15, 0.2) is 5.16 Å². The van der Waals surface area contributed by atoms with Crippen molar-refractivity contribution in [2.75, 3.05) is 5.75 Å². The minimum absolute atomic E-state index is 0.805. The lowest BCUT2D eigenvalue weighted by molar-refractivity contribution is 0.969. The first-order valence-corrected chi connectivity index (χ1v) is 8.13. The lowest BCUT2D eigenvalue weighted by Gasteiger charge is -2.08. The van der Waals surface area contributed by atoms with Gasteiger partial charge in [0.1, 0.15) is 0 Å². The van der Waals surface area contributed by atoms with Gasteiger partial charge in [0, 0.05) is 18.1 Å². The molecular weight excluding hydrogens is 288 g/mol. The Bertz CT molecular complexity index is 684. The third-order valence-electron chi connectivity index (χ3n) is 3.21. The van der Waals surface area contributed by atoms with Gasteiger partial charge in [0.2, 0.25) is 0 Å². The molecule has 1 aromatic heterocycles. The van der Waals surface area contributed by atoms with Crippen LogP contribution in [0.5, 0.6) is 0 Å². The molecule has 3 heteroatoms. The van der Waals surface area contributed by atoms with Crippen LogP contribution in [0.2, 0.25) is 0 Å². The van der Waals surface area contributed by atoms with Crippen LogP contribution in [0.4, 0.5) is 0 Å². The largest absolute Gasteiger partial charge is 0.231 e. The molecule has 0 bridgehead atoms. The molecule has 0 aliphatic rings. The molecule has 3 aromatic rings. The van der Waals surface area contributed by atoms with E-state index in [0.717, 1.165) is 10.9 Å². The van der Waals surface area contributed by atoms with Crippen molar-refractivity contribution in [2.24, 2.45) is 0 Å². The molecule has 0 saturated carbocycles. The van der Waals surface area contributed by atoms with Crippen molar-refractivity contribution in [1.82, 2.24) is 9.97 Å². The van der Waals surface area contributed by atoms with Crippen molar-refractivity contribution in [1.29, 1.82) is 0 Å². The van der Waals surface area contributed by atoms with Gasteiger partial charge in [-0.3, -0.25) is 0 Å². The Morgan fingerprint density at radius 3 is 1.86 bits per heavy atom. The maximum absolute atomic E-state index is 4.24. The summed E-state index contributed by atoms with van der Waals surface area (Å²) in [6, 6.07) is 22.8. The third-order valence-corrected chi connectivity index (χ3v) is 4.01. The zero-order valence-electron chi connectivity index (χ0n) is 12.1. The lowest BCUT2D eigenvalue weighted by atomic mass is 9.98. The molecule has 0 fully saturated rings. The van der Waals surface area contributed by atoms with Gasteiger partial charge in [-0.15, -0.1) is 0 Å². The molecule has 22 heavy (non-hydrogen) atoms. The zero-order valence-corrected chi connectivity index (χ0v) is 12.9. The standard InChI is InChI=1S/C19H16N2S/c1-3-8-16(9-4-1)18(17-10-5-2-6-11-17)12-15-22-19-20-13-7-14-21-19/h1-14H,15H2. The number of hydrogen-bond acceptors (Lipinski definition) is 3. The minimum atomic E-state index is 0.805. The molecule has 2 nitrogen and oxygen atoms in total. The Kier molecular flexibility index (Phi) is 5.00. The van der Waals surface area contributed by atoms with Crippen LogP contribution in [0, 0.1) is 0 Å². The summed E-state index contributed by atoms with van der Waals surface area (Å²) in [4.78, 5) is 8.49. The summed E-state index contributed by atoms with van der Waals surface area (Å²) in [7, 11) is 0. The SMILES string of the molecule is C(CSc1ncccn1)=C(c1ccccc1)c1ccccc1. The maximum atomic E-state index is 4.24. The van der Waals surface area contributed by atoms with Crippen molar-refractivity contribution < 1.29 is 0 Å². The molecule has 0 unspecified atom stereocenters. The Morgan fingerprint density at radius 2 is 1.32 bits per heavy atom. The number of hydrogen-bond donors (Lipinski definition) is 0. The first-order valence-electron chi connectivity index (χ1n) is 7.14. The number of benzene rings is 2. The van der Waals surface area contributed by atoms with Crippen LogP contribution in [0.15, 0.2) is 90.4 Å². The van der Waals surface area contributed by atoms with Crippen molar-refractivity contribution in [3.8, 4) is 0 Å². The molecular formula is C19H16N2S. The smallest absolute Gasteiger partial charge is 0.187 e. The molecule has 1 heterocycles. The van der Waals surface area contributed by atoms with Crippen LogP contribution in [0.1, 0.15) is 11.1 Å². The lowest BCUT2D eigenvalue weighted by Crippen LogP contribution is -1.90. The first-order chi connectivity index (χ1) is 10.9. The van der Waals surface area contributed by atoms with Gasteiger partial charge in [0.25, 0.3) is 0 Å². The van der Waals surface area contributed by atoms with Gasteiger partial charge < -0.3 is 0 Å². The minimum Gasteiger partial charge on any atom is -0.231 e. The molecule has 0 N–H and O–H groups in total. The van der Waals surface area contributed by atoms with Crippen LogP contribution in [-0.2, 0) is 0 Å². The van der Waals surface area contributed by atoms with E-state index in [4.69, 9.17) is 0 Å². The second kappa shape index (κ2) is 7.57. The van der Waals surface area contributed by atoms with Crippen molar-refractivity contribution in [3.05, 3.63) is 96.3 Å². The van der Waals surface area contributed by atoms with Gasteiger partial charge in [-0.05, 0) is 22.8 Å². The number of rotatable bonds is 5. The normalized spacial score (nSPS) is 10.2. The second-order valence-corrected chi connectivity index (χ2v) is 5.68. The molecule has 0 aliphatic heterocycles. The Balaban J connectivity index is 1.84. The van der Waals surface area contributed by atoms with E-state index in [1.807, 2.05) is 18.2 Å².